The molecule has 138 valence electrons. The molecule has 4 rings (SSSR count). The quantitative estimate of drug-likeness (QED) is 0.850. The van der Waals surface area contributed by atoms with E-state index in [1.54, 1.807) is 17.0 Å². The van der Waals surface area contributed by atoms with Crippen LogP contribution < -0.4 is 10.2 Å². The number of rotatable bonds is 3. The summed E-state index contributed by atoms with van der Waals surface area (Å²) < 4.78 is 0. The largest absolute Gasteiger partial charge is 0.323 e. The summed E-state index contributed by atoms with van der Waals surface area (Å²) >= 11 is 6.21. The van der Waals surface area contributed by atoms with Crippen LogP contribution in [0, 0.1) is 12.8 Å². The fourth-order valence-corrected chi connectivity index (χ4v) is 3.98. The topological polar surface area (TPSA) is 61.8 Å². The van der Waals surface area contributed by atoms with Gasteiger partial charge in [-0.05, 0) is 56.0 Å². The molecule has 1 N–H and O–H groups in total. The molecule has 0 bridgehead atoms. The maximum absolute atomic E-state index is 13.1. The highest BCUT2D eigenvalue weighted by molar-refractivity contribution is 6.33. The van der Waals surface area contributed by atoms with Gasteiger partial charge in [0.25, 0.3) is 0 Å². The van der Waals surface area contributed by atoms with Crippen LogP contribution in [0.25, 0.3) is 0 Å². The lowest BCUT2D eigenvalue weighted by Gasteiger charge is -2.24. The Labute approximate surface area is 163 Å². The number of hydrogen-bond acceptors (Lipinski definition) is 3. The highest BCUT2D eigenvalue weighted by Gasteiger charge is 2.37. The summed E-state index contributed by atoms with van der Waals surface area (Å²) in [6.45, 7) is 1.86. The number of benzene rings is 2. The number of aryl methyl sites for hydroxylation is 1. The minimum atomic E-state index is -0.287. The normalized spacial score (nSPS) is 18.4. The Hall–Kier alpha value is -2.66. The Morgan fingerprint density at radius 2 is 2.11 bits per heavy atom. The van der Waals surface area contributed by atoms with E-state index in [9.17, 15) is 9.59 Å². The molecule has 2 aromatic carbocycles. The van der Waals surface area contributed by atoms with Crippen LogP contribution >= 0.6 is 11.6 Å². The molecule has 2 amide bonds. The summed E-state index contributed by atoms with van der Waals surface area (Å²) in [5.74, 6) is -0.570. The standard InChI is InChI=1S/C21H20ClN3O2/c1-13-9-10-17(15(22)11-13)24-20(26)12-25-19-8-3-2-6-18(19)23-16-7-4-5-14(16)21(25)27/h2-3,6,8-11,14H,4-5,7,12H2,1H3,(H,24,26). The van der Waals surface area contributed by atoms with Crippen LogP contribution in [0.15, 0.2) is 47.5 Å². The van der Waals surface area contributed by atoms with Gasteiger partial charge in [-0.15, -0.1) is 0 Å². The number of carbonyl (C=O) groups excluding carboxylic acids is 2. The molecule has 0 spiro atoms. The van der Waals surface area contributed by atoms with Crippen molar-refractivity contribution in [2.75, 3.05) is 16.8 Å². The molecular formula is C21H20ClN3O2. The lowest BCUT2D eigenvalue weighted by Crippen LogP contribution is -2.41. The third kappa shape index (κ3) is 3.47. The number of hydrogen-bond donors (Lipinski definition) is 1. The molecule has 0 aromatic heterocycles. The Morgan fingerprint density at radius 1 is 1.30 bits per heavy atom. The lowest BCUT2D eigenvalue weighted by atomic mass is 10.1. The van der Waals surface area contributed by atoms with E-state index in [1.807, 2.05) is 37.3 Å². The van der Waals surface area contributed by atoms with Gasteiger partial charge in [0, 0.05) is 5.71 Å². The molecule has 1 heterocycles. The first kappa shape index (κ1) is 17.7. The van der Waals surface area contributed by atoms with E-state index in [0.717, 1.165) is 36.2 Å². The molecule has 1 unspecified atom stereocenters. The van der Waals surface area contributed by atoms with Gasteiger partial charge in [0.15, 0.2) is 0 Å². The smallest absolute Gasteiger partial charge is 0.244 e. The number of para-hydroxylation sites is 2. The number of amides is 2. The number of nitrogens with one attached hydrogen (secondary N) is 1. The predicted octanol–water partition coefficient (Wildman–Crippen LogP) is 4.51. The van der Waals surface area contributed by atoms with Crippen molar-refractivity contribution in [1.29, 1.82) is 0 Å². The number of halogens is 1. The molecule has 1 fully saturated rings. The average molecular weight is 382 g/mol. The lowest BCUT2D eigenvalue weighted by molar-refractivity contribution is -0.122. The van der Waals surface area contributed by atoms with Gasteiger partial charge in [0.05, 0.1) is 28.0 Å². The Balaban J connectivity index is 1.61. The summed E-state index contributed by atoms with van der Waals surface area (Å²) in [4.78, 5) is 32.1. The Bertz CT molecular complexity index is 954. The first-order chi connectivity index (χ1) is 13.0. The van der Waals surface area contributed by atoms with Crippen molar-refractivity contribution >= 4 is 46.2 Å². The van der Waals surface area contributed by atoms with Crippen LogP contribution in [0.3, 0.4) is 0 Å². The van der Waals surface area contributed by atoms with Gasteiger partial charge in [-0.2, -0.15) is 0 Å². The van der Waals surface area contributed by atoms with Crippen molar-refractivity contribution in [3.05, 3.63) is 53.1 Å². The average Bonchev–Trinajstić information content (AvgIpc) is 3.06. The van der Waals surface area contributed by atoms with Gasteiger partial charge in [0.2, 0.25) is 11.8 Å². The third-order valence-corrected chi connectivity index (χ3v) is 5.34. The van der Waals surface area contributed by atoms with E-state index in [2.05, 4.69) is 5.32 Å². The van der Waals surface area contributed by atoms with Crippen molar-refractivity contribution in [3.8, 4) is 0 Å². The molecule has 0 radical (unpaired) electrons. The van der Waals surface area contributed by atoms with E-state index >= 15 is 0 Å². The minimum absolute atomic E-state index is 0.0543. The summed E-state index contributed by atoms with van der Waals surface area (Å²) in [5.41, 5.74) is 3.90. The predicted molar refractivity (Wildman–Crippen MR) is 108 cm³/mol. The summed E-state index contributed by atoms with van der Waals surface area (Å²) in [6, 6.07) is 12.9. The van der Waals surface area contributed by atoms with Gasteiger partial charge in [-0.25, -0.2) is 0 Å². The van der Waals surface area contributed by atoms with Crippen molar-refractivity contribution in [2.45, 2.75) is 26.2 Å². The highest BCUT2D eigenvalue weighted by Crippen LogP contribution is 2.37. The van der Waals surface area contributed by atoms with Crippen molar-refractivity contribution in [2.24, 2.45) is 10.9 Å². The van der Waals surface area contributed by atoms with Gasteiger partial charge in [-0.3, -0.25) is 14.6 Å². The van der Waals surface area contributed by atoms with Crippen molar-refractivity contribution in [1.82, 2.24) is 0 Å². The van der Waals surface area contributed by atoms with E-state index in [-0.39, 0.29) is 24.3 Å². The second-order valence-corrected chi connectivity index (χ2v) is 7.40. The maximum Gasteiger partial charge on any atom is 0.244 e. The molecular weight excluding hydrogens is 362 g/mol. The van der Waals surface area contributed by atoms with Crippen molar-refractivity contribution in [3.63, 3.8) is 0 Å². The minimum Gasteiger partial charge on any atom is -0.323 e. The summed E-state index contributed by atoms with van der Waals surface area (Å²) in [5, 5.41) is 3.29. The zero-order valence-electron chi connectivity index (χ0n) is 15.0. The number of fused-ring (bicyclic) bond motifs is 2. The second kappa shape index (κ2) is 7.16. The molecule has 1 aliphatic carbocycles. The molecule has 1 aliphatic heterocycles. The first-order valence-electron chi connectivity index (χ1n) is 9.07. The fraction of sp³-hybridized carbons (Fsp3) is 0.286. The Morgan fingerprint density at radius 3 is 2.93 bits per heavy atom. The number of carbonyl (C=O) groups is 2. The Kier molecular flexibility index (Phi) is 4.70. The van der Waals surface area contributed by atoms with Crippen LogP contribution in [0.4, 0.5) is 17.1 Å². The molecule has 6 heteroatoms. The van der Waals surface area contributed by atoms with Gasteiger partial charge < -0.3 is 10.2 Å². The molecule has 5 nitrogen and oxygen atoms in total. The van der Waals surface area contributed by atoms with E-state index in [1.165, 1.54) is 0 Å². The van der Waals surface area contributed by atoms with E-state index in [4.69, 9.17) is 16.6 Å². The third-order valence-electron chi connectivity index (χ3n) is 5.03. The molecule has 1 atom stereocenters. The monoisotopic (exact) mass is 381 g/mol. The van der Waals surface area contributed by atoms with Crippen LogP contribution in [0.1, 0.15) is 24.8 Å². The summed E-state index contributed by atoms with van der Waals surface area (Å²) in [6.07, 6.45) is 2.58. The molecule has 27 heavy (non-hydrogen) atoms. The zero-order valence-corrected chi connectivity index (χ0v) is 15.8. The molecule has 2 aromatic rings. The van der Waals surface area contributed by atoms with Crippen LogP contribution in [0.2, 0.25) is 5.02 Å². The fourth-order valence-electron chi connectivity index (χ4n) is 3.69. The number of anilines is 2. The SMILES string of the molecule is Cc1ccc(NC(=O)CN2C(=O)C3CCCC3=Nc3ccccc32)c(Cl)c1. The molecule has 2 aliphatic rings. The zero-order chi connectivity index (χ0) is 19.0. The first-order valence-corrected chi connectivity index (χ1v) is 9.44. The van der Waals surface area contributed by atoms with Crippen molar-refractivity contribution < 1.29 is 9.59 Å². The van der Waals surface area contributed by atoms with Gasteiger partial charge >= 0.3 is 0 Å². The van der Waals surface area contributed by atoms with Crippen LogP contribution in [-0.2, 0) is 9.59 Å². The van der Waals surface area contributed by atoms with E-state index < -0.39 is 0 Å². The van der Waals surface area contributed by atoms with Crippen LogP contribution in [0.5, 0.6) is 0 Å². The molecule has 1 saturated carbocycles. The van der Waals surface area contributed by atoms with E-state index in [0.29, 0.717) is 16.4 Å². The second-order valence-electron chi connectivity index (χ2n) is 6.99. The number of nitrogens with zero attached hydrogens (tertiary/aromatic N) is 2. The number of aliphatic imine (C=N–C) groups is 1. The van der Waals surface area contributed by atoms with Crippen LogP contribution in [-0.4, -0.2) is 24.1 Å². The summed E-state index contributed by atoms with van der Waals surface area (Å²) in [7, 11) is 0. The molecule has 0 saturated heterocycles. The van der Waals surface area contributed by atoms with Gasteiger partial charge in [-0.1, -0.05) is 29.8 Å². The maximum atomic E-state index is 13.1. The highest BCUT2D eigenvalue weighted by atomic mass is 35.5. The van der Waals surface area contributed by atoms with Gasteiger partial charge in [0.1, 0.15) is 6.54 Å².